The predicted molar refractivity (Wildman–Crippen MR) is 115 cm³/mol. The first-order valence-electron chi connectivity index (χ1n) is 10.1. The van der Waals surface area contributed by atoms with Gasteiger partial charge in [-0.2, -0.15) is 11.3 Å². The number of aromatic amines is 1. The molecule has 1 aliphatic rings. The van der Waals surface area contributed by atoms with Gasteiger partial charge in [0.05, 0.1) is 24.2 Å². The van der Waals surface area contributed by atoms with Crippen molar-refractivity contribution in [2.75, 3.05) is 13.2 Å². The van der Waals surface area contributed by atoms with Gasteiger partial charge in [0.25, 0.3) is 5.91 Å². The molecule has 158 valence electrons. The van der Waals surface area contributed by atoms with Gasteiger partial charge in [-0.15, -0.1) is 0 Å². The number of hydrogen-bond donors (Lipinski definition) is 3. The second-order valence-corrected chi connectivity index (χ2v) is 7.94. The maximum absolute atomic E-state index is 12.8. The van der Waals surface area contributed by atoms with Crippen molar-refractivity contribution in [2.24, 2.45) is 0 Å². The van der Waals surface area contributed by atoms with Crippen LogP contribution in [-0.2, 0) is 20.8 Å². The number of thiophene rings is 1. The van der Waals surface area contributed by atoms with Crippen LogP contribution in [0.25, 0.3) is 11.0 Å². The van der Waals surface area contributed by atoms with Crippen molar-refractivity contribution in [3.05, 3.63) is 64.3 Å². The molecule has 1 aliphatic heterocycles. The van der Waals surface area contributed by atoms with Crippen LogP contribution in [0.3, 0.4) is 0 Å². The Morgan fingerprint density at radius 3 is 3.03 bits per heavy atom. The van der Waals surface area contributed by atoms with Crippen LogP contribution < -0.4 is 5.32 Å². The zero-order valence-corrected chi connectivity index (χ0v) is 17.4. The summed E-state index contributed by atoms with van der Waals surface area (Å²) in [6.45, 7) is 0.899. The van der Waals surface area contributed by atoms with Crippen LogP contribution in [0.15, 0.2) is 52.9 Å². The molecule has 7 nitrogen and oxygen atoms in total. The summed E-state index contributed by atoms with van der Waals surface area (Å²) in [5, 5.41) is 15.9. The molecule has 1 amide bonds. The first-order chi connectivity index (χ1) is 14.7. The lowest BCUT2D eigenvalue weighted by molar-refractivity contribution is -0.146. The number of allylic oxidation sites excluding steroid dienone is 1. The van der Waals surface area contributed by atoms with E-state index in [1.165, 1.54) is 0 Å². The number of carbonyl (C=O) groups excluding carboxylic acids is 1. The van der Waals surface area contributed by atoms with E-state index < -0.39 is 6.29 Å². The molecule has 4 rings (SSSR count). The van der Waals surface area contributed by atoms with E-state index in [0.29, 0.717) is 25.3 Å². The highest BCUT2D eigenvalue weighted by Gasteiger charge is 2.29. The third-order valence-corrected chi connectivity index (χ3v) is 5.66. The third kappa shape index (κ3) is 5.08. The molecule has 3 heterocycles. The fourth-order valence-corrected chi connectivity index (χ4v) is 4.13. The van der Waals surface area contributed by atoms with Gasteiger partial charge in [-0.05, 0) is 53.4 Å². The summed E-state index contributed by atoms with van der Waals surface area (Å²) in [7, 11) is 0. The number of para-hydroxylation sites is 2. The average molecular weight is 428 g/mol. The van der Waals surface area contributed by atoms with Gasteiger partial charge in [-0.1, -0.05) is 12.1 Å². The molecule has 0 spiro atoms. The molecule has 3 aromatic rings. The molecule has 1 aromatic carbocycles. The van der Waals surface area contributed by atoms with Gasteiger partial charge in [-0.3, -0.25) is 4.79 Å². The molecule has 2 unspecified atom stereocenters. The molecular formula is C22H25N3O4S. The molecule has 0 bridgehead atoms. The van der Waals surface area contributed by atoms with E-state index in [1.807, 2.05) is 35.7 Å². The molecular weight excluding hydrogens is 402 g/mol. The third-order valence-electron chi connectivity index (χ3n) is 4.96. The highest BCUT2D eigenvalue weighted by Crippen LogP contribution is 2.32. The topological polar surface area (TPSA) is 96.5 Å². The lowest BCUT2D eigenvalue weighted by Crippen LogP contribution is -2.33. The van der Waals surface area contributed by atoms with Gasteiger partial charge in [0.2, 0.25) is 6.29 Å². The van der Waals surface area contributed by atoms with Gasteiger partial charge in [0, 0.05) is 18.9 Å². The number of aromatic nitrogens is 2. The summed E-state index contributed by atoms with van der Waals surface area (Å²) < 4.78 is 11.7. The Morgan fingerprint density at radius 1 is 1.33 bits per heavy atom. The molecule has 0 aliphatic carbocycles. The summed E-state index contributed by atoms with van der Waals surface area (Å²) in [5.41, 5.74) is 2.95. The quantitative estimate of drug-likeness (QED) is 0.455. The van der Waals surface area contributed by atoms with Gasteiger partial charge in [-0.25, -0.2) is 4.98 Å². The summed E-state index contributed by atoms with van der Waals surface area (Å²) in [5.74, 6) is 0.715. The Kier molecular flexibility index (Phi) is 6.78. The number of nitrogens with one attached hydrogen (secondary N) is 2. The van der Waals surface area contributed by atoms with Gasteiger partial charge < -0.3 is 24.9 Å². The van der Waals surface area contributed by atoms with Crippen LogP contribution in [0.4, 0.5) is 0 Å². The van der Waals surface area contributed by atoms with Crippen LogP contribution in [0.1, 0.15) is 36.6 Å². The molecule has 3 N–H and O–H groups in total. The summed E-state index contributed by atoms with van der Waals surface area (Å²) >= 11 is 1.63. The summed E-state index contributed by atoms with van der Waals surface area (Å²) in [4.78, 5) is 20.5. The van der Waals surface area contributed by atoms with Crippen LogP contribution >= 0.6 is 11.3 Å². The fraction of sp³-hybridized carbons (Fsp3) is 0.364. The van der Waals surface area contributed by atoms with E-state index in [4.69, 9.17) is 14.6 Å². The molecule has 0 saturated carbocycles. The highest BCUT2D eigenvalue weighted by molar-refractivity contribution is 7.08. The number of aliphatic hydroxyl groups excluding tert-OH is 1. The number of nitrogens with zero attached hydrogens (tertiary/aromatic N) is 1. The van der Waals surface area contributed by atoms with E-state index in [-0.39, 0.29) is 30.7 Å². The van der Waals surface area contributed by atoms with Crippen molar-refractivity contribution in [1.29, 1.82) is 0 Å². The summed E-state index contributed by atoms with van der Waals surface area (Å²) in [6, 6.07) is 9.80. The highest BCUT2D eigenvalue weighted by atomic mass is 32.1. The monoisotopic (exact) mass is 427 g/mol. The van der Waals surface area contributed by atoms with E-state index in [2.05, 4.69) is 26.7 Å². The zero-order chi connectivity index (χ0) is 20.8. The van der Waals surface area contributed by atoms with Crippen molar-refractivity contribution in [3.63, 3.8) is 0 Å². The van der Waals surface area contributed by atoms with Crippen molar-refractivity contribution >= 4 is 28.3 Å². The van der Waals surface area contributed by atoms with Crippen LogP contribution in [0, 0.1) is 0 Å². The number of benzene rings is 1. The first kappa shape index (κ1) is 20.6. The van der Waals surface area contributed by atoms with Crippen molar-refractivity contribution in [1.82, 2.24) is 15.3 Å². The van der Waals surface area contributed by atoms with Crippen molar-refractivity contribution in [2.45, 2.75) is 38.0 Å². The fourth-order valence-electron chi connectivity index (χ4n) is 3.41. The number of unbranched alkanes of at least 4 members (excludes halogenated alkanes) is 1. The minimum Gasteiger partial charge on any atom is -0.459 e. The maximum atomic E-state index is 12.8. The minimum absolute atomic E-state index is 0.0554. The zero-order valence-electron chi connectivity index (χ0n) is 16.5. The number of aliphatic hydroxyl groups is 1. The number of ether oxygens (including phenoxy) is 2. The Labute approximate surface area is 178 Å². The lowest BCUT2D eigenvalue weighted by Gasteiger charge is -2.29. The first-order valence-corrected chi connectivity index (χ1v) is 11.0. The van der Waals surface area contributed by atoms with Gasteiger partial charge in [0.15, 0.2) is 5.76 Å². The van der Waals surface area contributed by atoms with E-state index in [0.717, 1.165) is 23.0 Å². The van der Waals surface area contributed by atoms with Gasteiger partial charge >= 0.3 is 0 Å². The Hall–Kier alpha value is -2.68. The average Bonchev–Trinajstić information content (AvgIpc) is 3.44. The molecule has 0 saturated heterocycles. The number of rotatable bonds is 9. The molecule has 0 radical (unpaired) electrons. The second kappa shape index (κ2) is 9.88. The second-order valence-electron chi connectivity index (χ2n) is 7.16. The maximum Gasteiger partial charge on any atom is 0.286 e. The molecule has 8 heteroatoms. The van der Waals surface area contributed by atoms with Crippen molar-refractivity contribution in [3.8, 4) is 0 Å². The van der Waals surface area contributed by atoms with E-state index in [9.17, 15) is 4.79 Å². The lowest BCUT2D eigenvalue weighted by atomic mass is 9.95. The molecule has 30 heavy (non-hydrogen) atoms. The minimum atomic E-state index is -0.495. The van der Waals surface area contributed by atoms with Crippen molar-refractivity contribution < 1.29 is 19.4 Å². The standard InChI is InChI=1S/C22H25N3O4S/c26-8-3-4-9-28-21-12-16(15-7-10-30-14-15)11-19(29-21)22(27)23-13-20-24-17-5-1-2-6-18(17)25-20/h1-2,5-7,10-11,14,16,21,26H,3-4,8-9,12-13H2,(H,23,27)(H,24,25). The number of imidazole rings is 1. The molecule has 2 aromatic heterocycles. The summed E-state index contributed by atoms with van der Waals surface area (Å²) in [6.07, 6.45) is 3.45. The Morgan fingerprint density at radius 2 is 2.23 bits per heavy atom. The normalized spacial score (nSPS) is 18.8. The number of carbonyl (C=O) groups is 1. The SMILES string of the molecule is O=C(NCc1nc2ccccc2[nH]1)C1=CC(c2ccsc2)CC(OCCCCO)O1. The number of amides is 1. The molecule has 0 fully saturated rings. The largest absolute Gasteiger partial charge is 0.459 e. The van der Waals surface area contributed by atoms with Crippen LogP contribution in [0.2, 0.25) is 0 Å². The Balaban J connectivity index is 1.41. The van der Waals surface area contributed by atoms with E-state index >= 15 is 0 Å². The van der Waals surface area contributed by atoms with Crippen LogP contribution in [0.5, 0.6) is 0 Å². The predicted octanol–water partition coefficient (Wildman–Crippen LogP) is 3.44. The van der Waals surface area contributed by atoms with Crippen LogP contribution in [-0.4, -0.2) is 40.5 Å². The molecule has 2 atom stereocenters. The number of H-pyrrole nitrogens is 1. The number of hydrogen-bond acceptors (Lipinski definition) is 6. The Bertz CT molecular complexity index is 966. The van der Waals surface area contributed by atoms with E-state index in [1.54, 1.807) is 11.3 Å². The number of fused-ring (bicyclic) bond motifs is 1. The smallest absolute Gasteiger partial charge is 0.286 e. The van der Waals surface area contributed by atoms with Gasteiger partial charge in [0.1, 0.15) is 5.82 Å².